The zero-order chi connectivity index (χ0) is 30.6. The molecule has 3 aromatic rings. The number of nitrogens with zero attached hydrogens (tertiary/aromatic N) is 3. The van der Waals surface area contributed by atoms with Gasteiger partial charge in [0.2, 0.25) is 0 Å². The Morgan fingerprint density at radius 1 is 0.477 bits per heavy atom. The van der Waals surface area contributed by atoms with Crippen LogP contribution in [0.4, 0.5) is 17.1 Å². The SMILES string of the molecule is CC1=C(C)[C]([Ti+3])([Si](c2ccc(C)cc2N(C)C)(c2ccc(C)cc2N(C)C)c2ccc(C)cc2N(C)C)C(C)=C1C.[Cl-].[Cl-].[Cl-]. The quantitative estimate of drug-likeness (QED) is 0.195. The second kappa shape index (κ2) is 14.8. The Morgan fingerprint density at radius 3 is 0.955 bits per heavy atom. The van der Waals surface area contributed by atoms with Crippen molar-refractivity contribution in [3.05, 3.63) is 93.6 Å². The third kappa shape index (κ3) is 6.20. The van der Waals surface area contributed by atoms with Gasteiger partial charge in [-0.1, -0.05) is 0 Å². The Hall–Kier alpha value is -1.66. The van der Waals surface area contributed by atoms with Crippen LogP contribution in [0.2, 0.25) is 3.34 Å². The molecule has 1 aliphatic rings. The first kappa shape index (κ1) is 40.4. The Morgan fingerprint density at radius 2 is 0.727 bits per heavy atom. The van der Waals surface area contributed by atoms with Crippen molar-refractivity contribution in [2.45, 2.75) is 51.8 Å². The molecule has 8 heteroatoms. The maximum Gasteiger partial charge on any atom is -1.00 e. The van der Waals surface area contributed by atoms with E-state index < -0.39 is 8.07 Å². The van der Waals surface area contributed by atoms with Gasteiger partial charge in [-0.3, -0.25) is 0 Å². The molecule has 0 amide bonds. The van der Waals surface area contributed by atoms with E-state index in [-0.39, 0.29) is 40.6 Å². The van der Waals surface area contributed by atoms with Gasteiger partial charge in [-0.25, -0.2) is 0 Å². The van der Waals surface area contributed by atoms with E-state index in [2.05, 4.69) is 180 Å². The minimum atomic E-state index is -2.96. The summed E-state index contributed by atoms with van der Waals surface area (Å²) in [6, 6.07) is 21.7. The van der Waals surface area contributed by atoms with Crippen LogP contribution in [-0.2, 0) is 20.4 Å². The molecule has 0 saturated heterocycles. The van der Waals surface area contributed by atoms with Crippen LogP contribution in [-0.4, -0.2) is 50.4 Å². The molecular weight excluding hydrogens is 657 g/mol. The van der Waals surface area contributed by atoms with Crippen molar-refractivity contribution in [1.82, 2.24) is 0 Å². The van der Waals surface area contributed by atoms with Crippen LogP contribution in [0, 0.1) is 20.8 Å². The van der Waals surface area contributed by atoms with Crippen molar-refractivity contribution in [1.29, 1.82) is 0 Å². The standard InChI is InChI=1S/C36H48N3Si.3ClH.Ti/c1-23-14-17-33(30(20-23)37(8)9)40(36-28(6)26(4)27(5)29(36)7,34-18-15-24(2)21-31(34)38(10)11)35-19-16-25(3)22-32(35)39(12)13;;;;/h14-22H,1-13H3;3*1H;/q;;;;+3/p-3. The molecule has 0 bridgehead atoms. The van der Waals surface area contributed by atoms with Crippen molar-refractivity contribution in [2.75, 3.05) is 57.0 Å². The van der Waals surface area contributed by atoms with E-state index in [9.17, 15) is 0 Å². The largest absolute Gasteiger partial charge is 1.00 e. The summed E-state index contributed by atoms with van der Waals surface area (Å²) in [5, 5.41) is 4.40. The Kier molecular flexibility index (Phi) is 13.6. The van der Waals surface area contributed by atoms with Crippen LogP contribution < -0.4 is 67.5 Å². The summed E-state index contributed by atoms with van der Waals surface area (Å²) in [5.74, 6) is 0. The summed E-state index contributed by atoms with van der Waals surface area (Å²) in [5.41, 5.74) is 13.7. The fourth-order valence-electron chi connectivity index (χ4n) is 7.00. The van der Waals surface area contributed by atoms with Gasteiger partial charge in [-0.15, -0.1) is 0 Å². The average molecular weight is 705 g/mol. The summed E-state index contributed by atoms with van der Waals surface area (Å²) in [4.78, 5) is 7.02. The van der Waals surface area contributed by atoms with Crippen LogP contribution in [0.1, 0.15) is 44.4 Å². The molecule has 0 aliphatic heterocycles. The Labute approximate surface area is 298 Å². The van der Waals surface area contributed by atoms with Crippen molar-refractivity contribution < 1.29 is 57.7 Å². The molecule has 0 fully saturated rings. The van der Waals surface area contributed by atoms with E-state index in [4.69, 9.17) is 0 Å². The molecule has 0 atom stereocenters. The van der Waals surface area contributed by atoms with Crippen LogP contribution in [0.3, 0.4) is 0 Å². The van der Waals surface area contributed by atoms with Gasteiger partial charge in [0.25, 0.3) is 0 Å². The van der Waals surface area contributed by atoms with E-state index >= 15 is 0 Å². The predicted octanol–water partition coefficient (Wildman–Crippen LogP) is -2.78. The number of halogens is 3. The first-order valence-electron chi connectivity index (χ1n) is 14.6. The molecule has 0 saturated carbocycles. The number of hydrogen-bond donors (Lipinski definition) is 0. The minimum absolute atomic E-state index is 0. The number of aryl methyl sites for hydroxylation is 3. The van der Waals surface area contributed by atoms with Gasteiger partial charge >= 0.3 is 264 Å². The smallest absolute Gasteiger partial charge is 1.00 e. The maximum atomic E-state index is 2.57. The van der Waals surface area contributed by atoms with Crippen LogP contribution in [0.5, 0.6) is 0 Å². The molecule has 0 heterocycles. The summed E-state index contributed by atoms with van der Waals surface area (Å²) >= 11 is 2.57. The molecule has 3 aromatic carbocycles. The van der Waals surface area contributed by atoms with Gasteiger partial charge in [-0.05, 0) is 0 Å². The molecule has 44 heavy (non-hydrogen) atoms. The van der Waals surface area contributed by atoms with Crippen molar-refractivity contribution >= 4 is 40.7 Å². The third-order valence-electron chi connectivity index (χ3n) is 9.49. The number of anilines is 3. The molecule has 0 aromatic heterocycles. The summed E-state index contributed by atoms with van der Waals surface area (Å²) in [7, 11) is 10.3. The molecule has 0 unspecified atom stereocenters. The molecule has 0 radical (unpaired) electrons. The molecular formula is C36H48Cl3N3SiTi. The number of rotatable bonds is 7. The maximum absolute atomic E-state index is 2.96. The second-order valence-electron chi connectivity index (χ2n) is 12.7. The van der Waals surface area contributed by atoms with Crippen molar-refractivity contribution in [3.8, 4) is 0 Å². The van der Waals surface area contributed by atoms with Crippen LogP contribution in [0.25, 0.3) is 0 Å². The van der Waals surface area contributed by atoms with E-state index in [0.29, 0.717) is 0 Å². The Bertz CT molecular complexity index is 1410. The molecule has 0 N–H and O–H groups in total. The predicted molar refractivity (Wildman–Crippen MR) is 181 cm³/mol. The van der Waals surface area contributed by atoms with Gasteiger partial charge in [-0.2, -0.15) is 0 Å². The first-order valence-corrected chi connectivity index (χ1v) is 17.3. The molecule has 1 aliphatic carbocycles. The minimum Gasteiger partial charge on any atom is -1.00 e. The van der Waals surface area contributed by atoms with Gasteiger partial charge in [0, 0.05) is 0 Å². The third-order valence-corrected chi connectivity index (χ3v) is 18.0. The zero-order valence-corrected chi connectivity index (χ0v) is 33.5. The topological polar surface area (TPSA) is 9.72 Å². The van der Waals surface area contributed by atoms with Gasteiger partial charge in [0.15, 0.2) is 0 Å². The van der Waals surface area contributed by atoms with E-state index in [1.807, 2.05) is 0 Å². The molecule has 0 spiro atoms. The number of benzene rings is 3. The fourth-order valence-corrected chi connectivity index (χ4v) is 16.1. The Balaban J connectivity index is 0.00000323. The van der Waals surface area contributed by atoms with Crippen LogP contribution >= 0.6 is 0 Å². The zero-order valence-electron chi connectivity index (χ0n) is 28.7. The summed E-state index contributed by atoms with van der Waals surface area (Å²) in [6.45, 7) is 16.2. The molecule has 3 nitrogen and oxygen atoms in total. The average Bonchev–Trinajstić information content (AvgIpc) is 3.06. The van der Waals surface area contributed by atoms with Crippen LogP contribution in [0.15, 0.2) is 76.9 Å². The normalized spacial score (nSPS) is 14.1. The van der Waals surface area contributed by atoms with Crippen molar-refractivity contribution in [2.24, 2.45) is 0 Å². The fraction of sp³-hybridized carbons (Fsp3) is 0.389. The van der Waals surface area contributed by atoms with Gasteiger partial charge < -0.3 is 37.2 Å². The number of allylic oxidation sites excluding steroid dienone is 4. The summed E-state index contributed by atoms with van der Waals surface area (Å²) in [6.07, 6.45) is 0. The van der Waals surface area contributed by atoms with Gasteiger partial charge in [0.05, 0.1) is 0 Å². The summed E-state index contributed by atoms with van der Waals surface area (Å²) < 4.78 is -0.193. The van der Waals surface area contributed by atoms with E-state index in [1.165, 1.54) is 71.6 Å². The number of hydrogen-bond acceptors (Lipinski definition) is 3. The van der Waals surface area contributed by atoms with E-state index in [1.54, 1.807) is 0 Å². The molecule has 236 valence electrons. The van der Waals surface area contributed by atoms with E-state index in [0.717, 1.165) is 0 Å². The second-order valence-corrected chi connectivity index (χ2v) is 18.6. The van der Waals surface area contributed by atoms with Crippen molar-refractivity contribution in [3.63, 3.8) is 0 Å². The van der Waals surface area contributed by atoms with Gasteiger partial charge in [0.1, 0.15) is 0 Å². The monoisotopic (exact) mass is 703 g/mol. The molecule has 4 rings (SSSR count). The first-order chi connectivity index (χ1) is 19.1.